The fourth-order valence-corrected chi connectivity index (χ4v) is 4.81. The second-order valence-electron chi connectivity index (χ2n) is 6.49. The molecule has 0 aromatic heterocycles. The fraction of sp³-hybridized carbons (Fsp3) is 0.929. The SMILES string of the molecule is CC1(CNC(=O)C2CC23CCNCC3)CCCS1.Cl. The monoisotopic (exact) mass is 304 g/mol. The van der Waals surface area contributed by atoms with E-state index in [2.05, 4.69) is 17.6 Å². The van der Waals surface area contributed by atoms with Crippen LogP contribution in [-0.4, -0.2) is 36.0 Å². The number of carbonyl (C=O) groups is 1. The van der Waals surface area contributed by atoms with Crippen LogP contribution in [0, 0.1) is 11.3 Å². The Kier molecular flexibility index (Phi) is 4.74. The third-order valence-electron chi connectivity index (χ3n) is 5.04. The Morgan fingerprint density at radius 1 is 1.37 bits per heavy atom. The third-order valence-corrected chi connectivity index (χ3v) is 6.58. The number of rotatable bonds is 3. The lowest BCUT2D eigenvalue weighted by molar-refractivity contribution is -0.123. The molecule has 0 radical (unpaired) electrons. The summed E-state index contributed by atoms with van der Waals surface area (Å²) in [6, 6.07) is 0. The molecule has 1 aliphatic carbocycles. The Balaban J connectivity index is 0.00000133. The summed E-state index contributed by atoms with van der Waals surface area (Å²) in [5.41, 5.74) is 0.374. The van der Waals surface area contributed by atoms with Crippen LogP contribution in [0.2, 0.25) is 0 Å². The normalized spacial score (nSPS) is 35.7. The lowest BCUT2D eigenvalue weighted by atomic mass is 9.91. The van der Waals surface area contributed by atoms with Crippen molar-refractivity contribution in [3.63, 3.8) is 0 Å². The van der Waals surface area contributed by atoms with Gasteiger partial charge in [0.15, 0.2) is 0 Å². The summed E-state index contributed by atoms with van der Waals surface area (Å²) in [5.74, 6) is 1.89. The lowest BCUT2D eigenvalue weighted by Gasteiger charge is -2.25. The van der Waals surface area contributed by atoms with E-state index in [0.717, 1.165) is 26.1 Å². The van der Waals surface area contributed by atoms with Gasteiger partial charge in [0.2, 0.25) is 5.91 Å². The van der Waals surface area contributed by atoms with Crippen molar-refractivity contribution in [2.24, 2.45) is 11.3 Å². The molecule has 110 valence electrons. The fourth-order valence-electron chi connectivity index (χ4n) is 3.57. The predicted octanol–water partition coefficient (Wildman–Crippen LogP) is 2.20. The summed E-state index contributed by atoms with van der Waals surface area (Å²) in [5, 5.41) is 6.61. The highest BCUT2D eigenvalue weighted by molar-refractivity contribution is 8.00. The first-order chi connectivity index (χ1) is 8.64. The van der Waals surface area contributed by atoms with Crippen LogP contribution >= 0.6 is 24.2 Å². The van der Waals surface area contributed by atoms with E-state index in [1.54, 1.807) is 0 Å². The number of nitrogens with one attached hydrogen (secondary N) is 2. The van der Waals surface area contributed by atoms with E-state index in [4.69, 9.17) is 0 Å². The molecular formula is C14H25ClN2OS. The number of piperidine rings is 1. The summed E-state index contributed by atoms with van der Waals surface area (Å²) < 4.78 is 0.297. The average molecular weight is 305 g/mol. The van der Waals surface area contributed by atoms with Crippen LogP contribution < -0.4 is 10.6 Å². The van der Waals surface area contributed by atoms with Crippen molar-refractivity contribution in [3.8, 4) is 0 Å². The standard InChI is InChI=1S/C14H24N2OS.ClH/c1-13(3-2-8-18-13)10-16-12(17)11-9-14(11)4-6-15-7-5-14;/h11,15H,2-10H2,1H3,(H,16,17);1H. The van der Waals surface area contributed by atoms with Gasteiger partial charge in [0.05, 0.1) is 0 Å². The van der Waals surface area contributed by atoms with Gasteiger partial charge in [-0.05, 0) is 63.3 Å². The van der Waals surface area contributed by atoms with Crippen LogP contribution in [0.4, 0.5) is 0 Å². The number of halogens is 1. The van der Waals surface area contributed by atoms with E-state index >= 15 is 0 Å². The zero-order valence-corrected chi connectivity index (χ0v) is 13.3. The maximum Gasteiger partial charge on any atom is 0.223 e. The van der Waals surface area contributed by atoms with Gasteiger partial charge in [0, 0.05) is 17.2 Å². The Hall–Kier alpha value is 0.0700. The molecule has 2 saturated heterocycles. The molecule has 1 saturated carbocycles. The molecule has 2 unspecified atom stereocenters. The van der Waals surface area contributed by atoms with Crippen molar-refractivity contribution < 1.29 is 4.79 Å². The molecule has 3 rings (SSSR count). The number of carbonyl (C=O) groups excluding carboxylic acids is 1. The second-order valence-corrected chi connectivity index (χ2v) is 8.17. The Morgan fingerprint density at radius 3 is 2.74 bits per heavy atom. The molecule has 2 atom stereocenters. The number of hydrogen-bond donors (Lipinski definition) is 2. The van der Waals surface area contributed by atoms with E-state index in [-0.39, 0.29) is 12.4 Å². The topological polar surface area (TPSA) is 41.1 Å². The number of amides is 1. The van der Waals surface area contributed by atoms with Crippen molar-refractivity contribution in [1.82, 2.24) is 10.6 Å². The van der Waals surface area contributed by atoms with E-state index < -0.39 is 0 Å². The Labute approximate surface area is 126 Å². The molecule has 1 amide bonds. The summed E-state index contributed by atoms with van der Waals surface area (Å²) in [7, 11) is 0. The Bertz CT molecular complexity index is 338. The van der Waals surface area contributed by atoms with Crippen molar-refractivity contribution in [1.29, 1.82) is 0 Å². The van der Waals surface area contributed by atoms with E-state index in [9.17, 15) is 4.79 Å². The van der Waals surface area contributed by atoms with E-state index in [1.165, 1.54) is 31.4 Å². The van der Waals surface area contributed by atoms with Gasteiger partial charge >= 0.3 is 0 Å². The van der Waals surface area contributed by atoms with Gasteiger partial charge in [0.1, 0.15) is 0 Å². The van der Waals surface area contributed by atoms with Crippen molar-refractivity contribution in [2.45, 2.75) is 43.8 Å². The first-order valence-electron chi connectivity index (χ1n) is 7.26. The highest BCUT2D eigenvalue weighted by Gasteiger charge is 2.57. The van der Waals surface area contributed by atoms with Crippen LogP contribution in [0.5, 0.6) is 0 Å². The lowest BCUT2D eigenvalue weighted by Crippen LogP contribution is -2.39. The van der Waals surface area contributed by atoms with Gasteiger partial charge in [-0.15, -0.1) is 12.4 Å². The molecule has 3 nitrogen and oxygen atoms in total. The van der Waals surface area contributed by atoms with Crippen molar-refractivity contribution >= 4 is 30.1 Å². The molecule has 0 aromatic rings. The quantitative estimate of drug-likeness (QED) is 0.840. The minimum Gasteiger partial charge on any atom is -0.354 e. The smallest absolute Gasteiger partial charge is 0.223 e. The molecule has 3 aliphatic rings. The van der Waals surface area contributed by atoms with E-state index in [1.807, 2.05) is 11.8 Å². The minimum atomic E-state index is 0. The minimum absolute atomic E-state index is 0. The van der Waals surface area contributed by atoms with Gasteiger partial charge in [-0.1, -0.05) is 0 Å². The van der Waals surface area contributed by atoms with Crippen LogP contribution in [0.3, 0.4) is 0 Å². The molecule has 1 spiro atoms. The molecular weight excluding hydrogens is 280 g/mol. The molecule has 3 fully saturated rings. The zero-order valence-electron chi connectivity index (χ0n) is 11.7. The first-order valence-corrected chi connectivity index (χ1v) is 8.25. The molecule has 19 heavy (non-hydrogen) atoms. The molecule has 2 aliphatic heterocycles. The van der Waals surface area contributed by atoms with Gasteiger partial charge in [0.25, 0.3) is 0 Å². The van der Waals surface area contributed by atoms with Crippen LogP contribution in [0.15, 0.2) is 0 Å². The molecule has 5 heteroatoms. The van der Waals surface area contributed by atoms with Gasteiger partial charge < -0.3 is 10.6 Å². The molecule has 0 bridgehead atoms. The van der Waals surface area contributed by atoms with Crippen molar-refractivity contribution in [3.05, 3.63) is 0 Å². The van der Waals surface area contributed by atoms with Gasteiger partial charge in [-0.25, -0.2) is 0 Å². The average Bonchev–Trinajstić information content (AvgIpc) is 2.88. The highest BCUT2D eigenvalue weighted by atomic mass is 35.5. The third kappa shape index (κ3) is 3.22. The number of hydrogen-bond acceptors (Lipinski definition) is 3. The predicted molar refractivity (Wildman–Crippen MR) is 83.0 cm³/mol. The maximum absolute atomic E-state index is 12.2. The second kappa shape index (κ2) is 5.82. The van der Waals surface area contributed by atoms with Gasteiger partial charge in [-0.2, -0.15) is 11.8 Å². The summed E-state index contributed by atoms with van der Waals surface area (Å²) in [6.45, 7) is 5.34. The summed E-state index contributed by atoms with van der Waals surface area (Å²) >= 11 is 2.02. The Morgan fingerprint density at radius 2 is 2.11 bits per heavy atom. The number of thioether (sulfide) groups is 1. The van der Waals surface area contributed by atoms with Gasteiger partial charge in [-0.3, -0.25) is 4.79 Å². The van der Waals surface area contributed by atoms with E-state index in [0.29, 0.717) is 22.0 Å². The molecule has 2 heterocycles. The first kappa shape index (κ1) is 15.5. The maximum atomic E-state index is 12.2. The summed E-state index contributed by atoms with van der Waals surface area (Å²) in [4.78, 5) is 12.2. The van der Waals surface area contributed by atoms with Crippen LogP contribution in [0.1, 0.15) is 39.0 Å². The molecule has 2 N–H and O–H groups in total. The summed E-state index contributed by atoms with van der Waals surface area (Å²) in [6.07, 6.45) is 6.06. The van der Waals surface area contributed by atoms with Crippen molar-refractivity contribution in [2.75, 3.05) is 25.4 Å². The zero-order chi connectivity index (χ0) is 12.6. The van der Waals surface area contributed by atoms with Crippen LogP contribution in [-0.2, 0) is 4.79 Å². The molecule has 0 aromatic carbocycles. The highest BCUT2D eigenvalue weighted by Crippen LogP contribution is 2.58. The largest absolute Gasteiger partial charge is 0.354 e. The van der Waals surface area contributed by atoms with Crippen LogP contribution in [0.25, 0.3) is 0 Å².